The van der Waals surface area contributed by atoms with Gasteiger partial charge in [0.25, 0.3) is 5.56 Å². The summed E-state index contributed by atoms with van der Waals surface area (Å²) in [5.41, 5.74) is 1.66. The minimum atomic E-state index is -0.244. The first-order valence-electron chi connectivity index (χ1n) is 5.81. The van der Waals surface area contributed by atoms with Gasteiger partial charge in [0.05, 0.1) is 11.2 Å². The summed E-state index contributed by atoms with van der Waals surface area (Å²) >= 11 is 11.7. The molecule has 0 unspecified atom stereocenters. The lowest BCUT2D eigenvalue weighted by Crippen LogP contribution is -2.18. The van der Waals surface area contributed by atoms with Crippen molar-refractivity contribution in [3.8, 4) is 5.75 Å². The van der Waals surface area contributed by atoms with Crippen LogP contribution < -0.4 is 5.56 Å². The van der Waals surface area contributed by atoms with Crippen molar-refractivity contribution in [2.45, 2.75) is 13.8 Å². The summed E-state index contributed by atoms with van der Waals surface area (Å²) in [6, 6.07) is 6.26. The molecule has 20 heavy (non-hydrogen) atoms. The number of pyridine rings is 1. The minimum absolute atomic E-state index is 0.127. The van der Waals surface area contributed by atoms with Crippen LogP contribution >= 0.6 is 23.2 Å². The maximum absolute atomic E-state index is 11.8. The van der Waals surface area contributed by atoms with E-state index in [4.69, 9.17) is 23.2 Å². The van der Waals surface area contributed by atoms with E-state index in [-0.39, 0.29) is 16.3 Å². The number of aromatic nitrogens is 1. The molecule has 0 atom stereocenters. The lowest BCUT2D eigenvalue weighted by molar-refractivity contribution is 0.474. The zero-order chi connectivity index (χ0) is 14.9. The number of hydrogen-bond donors (Lipinski definition) is 1. The van der Waals surface area contributed by atoms with E-state index in [1.54, 1.807) is 6.92 Å². The molecule has 0 saturated heterocycles. The molecular weight excluding hydrogens is 299 g/mol. The van der Waals surface area contributed by atoms with Gasteiger partial charge in [-0.15, -0.1) is 0 Å². The quantitative estimate of drug-likeness (QED) is 0.865. The first-order chi connectivity index (χ1) is 9.38. The summed E-state index contributed by atoms with van der Waals surface area (Å²) in [7, 11) is 0. The Morgan fingerprint density at radius 2 is 1.90 bits per heavy atom. The summed E-state index contributed by atoms with van der Waals surface area (Å²) in [6.07, 6.45) is 1.34. The second kappa shape index (κ2) is 5.69. The number of aromatic hydroxyl groups is 1. The van der Waals surface area contributed by atoms with Crippen molar-refractivity contribution in [1.82, 2.24) is 4.68 Å². The van der Waals surface area contributed by atoms with Gasteiger partial charge in [-0.1, -0.05) is 23.2 Å². The Hall–Kier alpha value is -1.78. The van der Waals surface area contributed by atoms with Crippen molar-refractivity contribution < 1.29 is 5.11 Å². The van der Waals surface area contributed by atoms with E-state index in [2.05, 4.69) is 5.10 Å². The Labute approximate surface area is 125 Å². The molecule has 1 aromatic carbocycles. The van der Waals surface area contributed by atoms with Crippen molar-refractivity contribution in [2.24, 2.45) is 5.10 Å². The average Bonchev–Trinajstić information content (AvgIpc) is 2.33. The van der Waals surface area contributed by atoms with Gasteiger partial charge in [-0.05, 0) is 37.6 Å². The largest absolute Gasteiger partial charge is 0.506 e. The minimum Gasteiger partial charge on any atom is -0.506 e. The van der Waals surface area contributed by atoms with Gasteiger partial charge in [-0.25, -0.2) is 4.68 Å². The van der Waals surface area contributed by atoms with Crippen LogP contribution in [0.15, 0.2) is 34.2 Å². The fourth-order valence-electron chi connectivity index (χ4n) is 1.81. The average molecular weight is 311 g/mol. The summed E-state index contributed by atoms with van der Waals surface area (Å²) in [6.45, 7) is 3.61. The second-order valence-electron chi connectivity index (χ2n) is 4.39. The van der Waals surface area contributed by atoms with Crippen molar-refractivity contribution in [2.75, 3.05) is 0 Å². The second-order valence-corrected chi connectivity index (χ2v) is 5.24. The maximum atomic E-state index is 11.8. The predicted molar refractivity (Wildman–Crippen MR) is 81.3 cm³/mol. The van der Waals surface area contributed by atoms with Crippen LogP contribution in [0.5, 0.6) is 5.75 Å². The topological polar surface area (TPSA) is 54.6 Å². The van der Waals surface area contributed by atoms with Crippen LogP contribution in [0.3, 0.4) is 0 Å². The fourth-order valence-corrected chi connectivity index (χ4v) is 2.32. The van der Waals surface area contributed by atoms with Gasteiger partial charge in [0.15, 0.2) is 0 Å². The molecule has 1 N–H and O–H groups in total. The third-order valence-corrected chi connectivity index (χ3v) is 3.21. The molecular formula is C14H12Cl2N2O2. The Balaban J connectivity index is 2.48. The van der Waals surface area contributed by atoms with E-state index in [9.17, 15) is 9.90 Å². The normalized spacial score (nSPS) is 11.2. The summed E-state index contributed by atoms with van der Waals surface area (Å²) in [5.74, 6) is -0.127. The summed E-state index contributed by atoms with van der Waals surface area (Å²) in [5, 5.41) is 14.4. The molecule has 0 fully saturated rings. The summed E-state index contributed by atoms with van der Waals surface area (Å²) < 4.78 is 1.24. The molecule has 2 rings (SSSR count). The molecule has 0 aliphatic rings. The van der Waals surface area contributed by atoms with E-state index in [0.29, 0.717) is 16.3 Å². The van der Waals surface area contributed by atoms with E-state index in [1.807, 2.05) is 13.0 Å². The fraction of sp³-hybridized carbons (Fsp3) is 0.143. The molecule has 2 aromatic rings. The van der Waals surface area contributed by atoms with Gasteiger partial charge in [0, 0.05) is 22.3 Å². The van der Waals surface area contributed by atoms with Gasteiger partial charge in [0.2, 0.25) is 0 Å². The zero-order valence-corrected chi connectivity index (χ0v) is 12.4. The van der Waals surface area contributed by atoms with Gasteiger partial charge >= 0.3 is 0 Å². The van der Waals surface area contributed by atoms with Gasteiger partial charge in [0.1, 0.15) is 5.75 Å². The molecule has 0 amide bonds. The molecule has 4 nitrogen and oxygen atoms in total. The third-order valence-electron chi connectivity index (χ3n) is 2.70. The van der Waals surface area contributed by atoms with Crippen LogP contribution in [0.4, 0.5) is 0 Å². The number of phenols is 1. The van der Waals surface area contributed by atoms with Gasteiger partial charge in [-0.2, -0.15) is 5.10 Å². The number of rotatable bonds is 2. The van der Waals surface area contributed by atoms with E-state index in [0.717, 1.165) is 5.56 Å². The highest BCUT2D eigenvalue weighted by Gasteiger charge is 2.06. The van der Waals surface area contributed by atoms with Crippen LogP contribution in [-0.2, 0) is 0 Å². The Kier molecular flexibility index (Phi) is 4.16. The number of halogens is 2. The van der Waals surface area contributed by atoms with Crippen molar-refractivity contribution in [3.63, 3.8) is 0 Å². The number of aryl methyl sites for hydroxylation is 2. The molecule has 0 bridgehead atoms. The SMILES string of the molecule is Cc1cc(C)n(/N=C/c2cc(Cl)cc(Cl)c2O)c(=O)c1. The van der Waals surface area contributed by atoms with Crippen LogP contribution in [0.1, 0.15) is 16.8 Å². The first-order valence-corrected chi connectivity index (χ1v) is 6.57. The molecule has 0 radical (unpaired) electrons. The molecule has 1 heterocycles. The van der Waals surface area contributed by atoms with Crippen molar-refractivity contribution >= 4 is 29.4 Å². The standard InChI is InChI=1S/C14H12Cl2N2O2/c1-8-3-9(2)18(13(19)4-8)17-7-10-5-11(15)6-12(16)14(10)20/h3-7,20H,1-2H3/b17-7+. The van der Waals surface area contributed by atoms with E-state index < -0.39 is 0 Å². The lowest BCUT2D eigenvalue weighted by atomic mass is 10.2. The van der Waals surface area contributed by atoms with Crippen LogP contribution in [0, 0.1) is 13.8 Å². The Morgan fingerprint density at radius 3 is 2.55 bits per heavy atom. The molecule has 0 spiro atoms. The third kappa shape index (κ3) is 3.03. The van der Waals surface area contributed by atoms with Gasteiger partial charge in [-0.3, -0.25) is 4.79 Å². The number of nitrogens with zero attached hydrogens (tertiary/aromatic N) is 2. The molecule has 104 valence electrons. The lowest BCUT2D eigenvalue weighted by Gasteiger charge is -2.05. The summed E-state index contributed by atoms with van der Waals surface area (Å²) in [4.78, 5) is 11.8. The van der Waals surface area contributed by atoms with Crippen molar-refractivity contribution in [3.05, 3.63) is 61.5 Å². The molecule has 0 aliphatic heterocycles. The number of hydrogen-bond acceptors (Lipinski definition) is 3. The van der Waals surface area contributed by atoms with Gasteiger partial charge < -0.3 is 5.11 Å². The molecule has 0 saturated carbocycles. The molecule has 6 heteroatoms. The molecule has 1 aromatic heterocycles. The monoisotopic (exact) mass is 310 g/mol. The number of phenolic OH excluding ortho intramolecular Hbond substituents is 1. The maximum Gasteiger partial charge on any atom is 0.271 e. The Bertz CT molecular complexity index is 752. The van der Waals surface area contributed by atoms with Crippen LogP contribution in [-0.4, -0.2) is 16.0 Å². The Morgan fingerprint density at radius 1 is 1.20 bits per heavy atom. The first kappa shape index (κ1) is 14.6. The van der Waals surface area contributed by atoms with E-state index in [1.165, 1.54) is 29.1 Å². The van der Waals surface area contributed by atoms with Crippen LogP contribution in [0.2, 0.25) is 10.0 Å². The smallest absolute Gasteiger partial charge is 0.271 e. The zero-order valence-electron chi connectivity index (χ0n) is 10.9. The van der Waals surface area contributed by atoms with Crippen molar-refractivity contribution in [1.29, 1.82) is 0 Å². The number of benzene rings is 1. The highest BCUT2D eigenvalue weighted by Crippen LogP contribution is 2.29. The predicted octanol–water partition coefficient (Wildman–Crippen LogP) is 3.36. The van der Waals surface area contributed by atoms with Crippen LogP contribution in [0.25, 0.3) is 0 Å². The molecule has 0 aliphatic carbocycles. The van der Waals surface area contributed by atoms with E-state index >= 15 is 0 Å². The highest BCUT2D eigenvalue weighted by atomic mass is 35.5. The highest BCUT2D eigenvalue weighted by molar-refractivity contribution is 6.36.